The molecule has 3 rings (SSSR count). The minimum Gasteiger partial charge on any atom is -0.497 e. The van der Waals surface area contributed by atoms with Crippen molar-refractivity contribution in [1.82, 2.24) is 4.57 Å². The maximum atomic E-state index is 13.1. The Hall–Kier alpha value is -3.10. The number of amides is 1. The Kier molecular flexibility index (Phi) is 6.52. The zero-order valence-corrected chi connectivity index (χ0v) is 18.8. The van der Waals surface area contributed by atoms with E-state index in [1.54, 1.807) is 44.2 Å². The van der Waals surface area contributed by atoms with Crippen molar-refractivity contribution in [3.05, 3.63) is 81.2 Å². The standard InChI is InChI=1S/C22H21ClN2O5S/c1-14-12-15(2)25(13-20(26)24-17-6-8-18(30-3)9-7-17)22(27)21(14)31(28,29)19-10-4-16(23)5-11-19/h4-12H,13H2,1-3H3,(H,24,26). The monoisotopic (exact) mass is 460 g/mol. The van der Waals surface area contributed by atoms with Gasteiger partial charge in [-0.2, -0.15) is 0 Å². The molecule has 7 nitrogen and oxygen atoms in total. The SMILES string of the molecule is COc1ccc(NC(=O)Cn2c(C)cc(C)c(S(=O)(=O)c3ccc(Cl)cc3)c2=O)cc1. The van der Waals surface area contributed by atoms with Gasteiger partial charge in [-0.25, -0.2) is 8.42 Å². The first kappa shape index (κ1) is 22.6. The van der Waals surface area contributed by atoms with Gasteiger partial charge in [0, 0.05) is 16.4 Å². The van der Waals surface area contributed by atoms with E-state index in [0.29, 0.717) is 27.7 Å². The van der Waals surface area contributed by atoms with Crippen LogP contribution in [0.5, 0.6) is 5.75 Å². The summed E-state index contributed by atoms with van der Waals surface area (Å²) in [6.07, 6.45) is 0. The number of aromatic nitrogens is 1. The molecule has 0 saturated carbocycles. The Morgan fingerprint density at radius 2 is 1.68 bits per heavy atom. The molecule has 0 aliphatic heterocycles. The van der Waals surface area contributed by atoms with Crippen LogP contribution in [0.25, 0.3) is 0 Å². The summed E-state index contributed by atoms with van der Waals surface area (Å²) < 4.78 is 32.5. The molecule has 1 aromatic heterocycles. The lowest BCUT2D eigenvalue weighted by molar-refractivity contribution is -0.116. The van der Waals surface area contributed by atoms with E-state index < -0.39 is 21.3 Å². The molecule has 31 heavy (non-hydrogen) atoms. The van der Waals surface area contributed by atoms with Crippen LogP contribution in [0.3, 0.4) is 0 Å². The summed E-state index contributed by atoms with van der Waals surface area (Å²) in [6, 6.07) is 13.9. The number of rotatable bonds is 6. The van der Waals surface area contributed by atoms with E-state index in [4.69, 9.17) is 16.3 Å². The number of benzene rings is 2. The van der Waals surface area contributed by atoms with Crippen molar-refractivity contribution < 1.29 is 17.9 Å². The minimum atomic E-state index is -4.10. The highest BCUT2D eigenvalue weighted by Gasteiger charge is 2.26. The van der Waals surface area contributed by atoms with Crippen molar-refractivity contribution in [1.29, 1.82) is 0 Å². The molecule has 0 fully saturated rings. The van der Waals surface area contributed by atoms with Crippen molar-refractivity contribution >= 4 is 33.0 Å². The topological polar surface area (TPSA) is 94.5 Å². The van der Waals surface area contributed by atoms with Gasteiger partial charge in [0.25, 0.3) is 5.56 Å². The summed E-state index contributed by atoms with van der Waals surface area (Å²) in [5.74, 6) is 0.176. The Balaban J connectivity index is 1.95. The van der Waals surface area contributed by atoms with Gasteiger partial charge in [0.1, 0.15) is 17.2 Å². The number of anilines is 1. The van der Waals surface area contributed by atoms with Crippen LogP contribution in [-0.4, -0.2) is 26.0 Å². The third-order valence-electron chi connectivity index (χ3n) is 4.72. The zero-order valence-electron chi connectivity index (χ0n) is 17.2. The molecule has 9 heteroatoms. The van der Waals surface area contributed by atoms with E-state index >= 15 is 0 Å². The number of carbonyl (C=O) groups excluding carboxylic acids is 1. The molecule has 0 saturated heterocycles. The number of methoxy groups -OCH3 is 1. The van der Waals surface area contributed by atoms with Crippen molar-refractivity contribution in [2.45, 2.75) is 30.2 Å². The van der Waals surface area contributed by atoms with Crippen LogP contribution in [0.1, 0.15) is 11.3 Å². The predicted octanol–water partition coefficient (Wildman–Crippen LogP) is 3.60. The summed E-state index contributed by atoms with van der Waals surface area (Å²) in [4.78, 5) is 25.2. The van der Waals surface area contributed by atoms with Crippen LogP contribution in [0.15, 0.2) is 69.2 Å². The van der Waals surface area contributed by atoms with Gasteiger partial charge in [0.2, 0.25) is 15.7 Å². The first-order valence-electron chi connectivity index (χ1n) is 9.29. The zero-order chi connectivity index (χ0) is 22.8. The molecule has 1 heterocycles. The molecule has 0 aliphatic carbocycles. The lowest BCUT2D eigenvalue weighted by Gasteiger charge is -2.15. The van der Waals surface area contributed by atoms with E-state index in [1.165, 1.54) is 31.4 Å². The number of aryl methyl sites for hydroxylation is 2. The fourth-order valence-corrected chi connectivity index (χ4v) is 4.86. The van der Waals surface area contributed by atoms with Crippen molar-refractivity contribution in [2.24, 2.45) is 0 Å². The fraction of sp³-hybridized carbons (Fsp3) is 0.182. The lowest BCUT2D eigenvalue weighted by atomic mass is 10.2. The molecule has 1 amide bonds. The molecule has 0 aliphatic rings. The Morgan fingerprint density at radius 1 is 1.06 bits per heavy atom. The van der Waals surface area contributed by atoms with Crippen molar-refractivity contribution in [2.75, 3.05) is 12.4 Å². The molecular weight excluding hydrogens is 440 g/mol. The van der Waals surface area contributed by atoms with Crippen LogP contribution >= 0.6 is 11.6 Å². The van der Waals surface area contributed by atoms with Gasteiger partial charge >= 0.3 is 0 Å². The van der Waals surface area contributed by atoms with Gasteiger partial charge in [0.15, 0.2) is 0 Å². The smallest absolute Gasteiger partial charge is 0.270 e. The van der Waals surface area contributed by atoms with Crippen molar-refractivity contribution in [3.63, 3.8) is 0 Å². The second kappa shape index (κ2) is 8.95. The number of ether oxygens (including phenoxy) is 1. The predicted molar refractivity (Wildman–Crippen MR) is 119 cm³/mol. The Labute approximate surface area is 185 Å². The van der Waals surface area contributed by atoms with Crippen molar-refractivity contribution in [3.8, 4) is 5.75 Å². The third-order valence-corrected chi connectivity index (χ3v) is 6.90. The molecular formula is C22H21ClN2O5S. The average molecular weight is 461 g/mol. The summed E-state index contributed by atoms with van der Waals surface area (Å²) in [5, 5.41) is 3.07. The maximum Gasteiger partial charge on any atom is 0.270 e. The molecule has 0 radical (unpaired) electrons. The number of nitrogens with zero attached hydrogens (tertiary/aromatic N) is 1. The molecule has 0 unspecified atom stereocenters. The highest BCUT2D eigenvalue weighted by Crippen LogP contribution is 2.23. The van der Waals surface area contributed by atoms with E-state index in [9.17, 15) is 18.0 Å². The number of nitrogens with one attached hydrogen (secondary N) is 1. The van der Waals surface area contributed by atoms with Crippen LogP contribution in [-0.2, 0) is 21.2 Å². The third kappa shape index (κ3) is 4.81. The molecule has 3 aromatic rings. The Morgan fingerprint density at radius 3 is 2.26 bits per heavy atom. The van der Waals surface area contributed by atoms with Gasteiger partial charge in [-0.15, -0.1) is 0 Å². The largest absolute Gasteiger partial charge is 0.497 e. The van der Waals surface area contributed by atoms with Gasteiger partial charge < -0.3 is 14.6 Å². The van der Waals surface area contributed by atoms with Gasteiger partial charge in [-0.1, -0.05) is 11.6 Å². The van der Waals surface area contributed by atoms with Crippen LogP contribution in [0, 0.1) is 13.8 Å². The molecule has 0 spiro atoms. The van der Waals surface area contributed by atoms with Gasteiger partial charge in [-0.05, 0) is 74.0 Å². The van der Waals surface area contributed by atoms with E-state index in [0.717, 1.165) is 4.57 Å². The average Bonchev–Trinajstić information content (AvgIpc) is 2.71. The van der Waals surface area contributed by atoms with Crippen LogP contribution < -0.4 is 15.6 Å². The lowest BCUT2D eigenvalue weighted by Crippen LogP contribution is -2.33. The van der Waals surface area contributed by atoms with Crippen LogP contribution in [0.4, 0.5) is 5.69 Å². The molecule has 2 aromatic carbocycles. The summed E-state index contributed by atoms with van der Waals surface area (Å²) in [7, 11) is -2.56. The Bertz CT molecular complexity index is 1280. The summed E-state index contributed by atoms with van der Waals surface area (Å²) in [6.45, 7) is 2.87. The van der Waals surface area contributed by atoms with Gasteiger partial charge in [0.05, 0.1) is 12.0 Å². The maximum absolute atomic E-state index is 13.1. The second-order valence-electron chi connectivity index (χ2n) is 6.92. The first-order chi connectivity index (χ1) is 14.6. The molecule has 0 bridgehead atoms. The fourth-order valence-electron chi connectivity index (χ4n) is 3.18. The number of halogens is 1. The second-order valence-corrected chi connectivity index (χ2v) is 9.25. The highest BCUT2D eigenvalue weighted by molar-refractivity contribution is 7.91. The van der Waals surface area contributed by atoms with E-state index in [2.05, 4.69) is 5.32 Å². The molecule has 162 valence electrons. The number of pyridine rings is 1. The number of hydrogen-bond acceptors (Lipinski definition) is 5. The highest BCUT2D eigenvalue weighted by atomic mass is 35.5. The minimum absolute atomic E-state index is 0.0461. The first-order valence-corrected chi connectivity index (χ1v) is 11.1. The van der Waals surface area contributed by atoms with Gasteiger partial charge in [-0.3, -0.25) is 9.59 Å². The van der Waals surface area contributed by atoms with E-state index in [-0.39, 0.29) is 16.3 Å². The summed E-state index contributed by atoms with van der Waals surface area (Å²) in [5.41, 5.74) is 0.557. The summed E-state index contributed by atoms with van der Waals surface area (Å²) >= 11 is 5.84. The molecule has 1 N–H and O–H groups in total. The number of carbonyl (C=O) groups is 1. The number of hydrogen-bond donors (Lipinski definition) is 1. The normalized spacial score (nSPS) is 11.2. The molecule has 0 atom stereocenters. The van der Waals surface area contributed by atoms with E-state index in [1.807, 2.05) is 0 Å². The van der Waals surface area contributed by atoms with Crippen LogP contribution in [0.2, 0.25) is 5.02 Å². The number of sulfone groups is 1. The quantitative estimate of drug-likeness (QED) is 0.606.